The maximum absolute atomic E-state index is 6.07. The zero-order chi connectivity index (χ0) is 12.4. The van der Waals surface area contributed by atoms with Crippen molar-refractivity contribution in [1.29, 1.82) is 0 Å². The van der Waals surface area contributed by atoms with E-state index in [1.54, 1.807) is 0 Å². The quantitative estimate of drug-likeness (QED) is 0.794. The number of rotatable bonds is 2. The van der Waals surface area contributed by atoms with E-state index in [4.69, 9.17) is 5.73 Å². The van der Waals surface area contributed by atoms with Crippen LogP contribution in [0.15, 0.2) is 18.2 Å². The van der Waals surface area contributed by atoms with E-state index in [1.165, 1.54) is 37.2 Å². The second-order valence-electron chi connectivity index (χ2n) is 5.21. The minimum atomic E-state index is 0.621. The minimum Gasteiger partial charge on any atom is -0.397 e. The predicted octanol–water partition coefficient (Wildman–Crippen LogP) is 2.11. The van der Waals surface area contributed by atoms with Crippen molar-refractivity contribution in [2.24, 2.45) is 0 Å². The molecule has 0 aromatic heterocycles. The van der Waals surface area contributed by atoms with Crippen LogP contribution in [0.2, 0.25) is 0 Å². The van der Waals surface area contributed by atoms with Gasteiger partial charge in [-0.3, -0.25) is 0 Å². The number of nitrogen functional groups attached to an aromatic ring is 1. The Morgan fingerprint density at radius 2 is 1.94 bits per heavy atom. The number of likely N-dealkylation sites (tertiary alicyclic amines) is 1. The van der Waals surface area contributed by atoms with Gasteiger partial charge >= 0.3 is 0 Å². The van der Waals surface area contributed by atoms with Gasteiger partial charge in [-0.2, -0.15) is 0 Å². The van der Waals surface area contributed by atoms with Gasteiger partial charge in [0.05, 0.1) is 11.4 Å². The summed E-state index contributed by atoms with van der Waals surface area (Å²) < 4.78 is 0. The molecule has 1 aliphatic rings. The first-order valence-corrected chi connectivity index (χ1v) is 6.35. The molecular formula is C14H23N3. The largest absolute Gasteiger partial charge is 0.397 e. The number of nitrogens with zero attached hydrogens (tertiary/aromatic N) is 2. The van der Waals surface area contributed by atoms with Gasteiger partial charge < -0.3 is 15.5 Å². The lowest BCUT2D eigenvalue weighted by molar-refractivity contribution is 0.253. The normalized spacial score (nSPS) is 18.3. The summed E-state index contributed by atoms with van der Waals surface area (Å²) in [6, 6.07) is 6.89. The average Bonchev–Trinajstić information content (AvgIpc) is 2.32. The molecule has 1 aromatic carbocycles. The van der Waals surface area contributed by atoms with Gasteiger partial charge in [0, 0.05) is 13.1 Å². The topological polar surface area (TPSA) is 32.5 Å². The fourth-order valence-corrected chi connectivity index (χ4v) is 2.54. The molecule has 1 aliphatic heterocycles. The molecule has 0 spiro atoms. The van der Waals surface area contributed by atoms with Gasteiger partial charge in [-0.25, -0.2) is 0 Å². The molecule has 1 heterocycles. The van der Waals surface area contributed by atoms with Crippen LogP contribution in [0, 0.1) is 6.92 Å². The fraction of sp³-hybridized carbons (Fsp3) is 0.571. The Kier molecular flexibility index (Phi) is 3.57. The van der Waals surface area contributed by atoms with E-state index in [1.807, 2.05) is 6.07 Å². The lowest BCUT2D eigenvalue weighted by Gasteiger charge is -2.37. The number of anilines is 2. The first-order valence-electron chi connectivity index (χ1n) is 6.35. The summed E-state index contributed by atoms with van der Waals surface area (Å²) in [5.41, 5.74) is 9.41. The molecule has 3 heteroatoms. The van der Waals surface area contributed by atoms with E-state index >= 15 is 0 Å². The van der Waals surface area contributed by atoms with E-state index in [-0.39, 0.29) is 0 Å². The summed E-state index contributed by atoms with van der Waals surface area (Å²) in [6.45, 7) is 4.48. The molecule has 0 bridgehead atoms. The SMILES string of the molecule is Cc1ccc(N)c(N(C)C2CCN(C)CC2)c1. The molecule has 3 nitrogen and oxygen atoms in total. The molecule has 0 atom stereocenters. The lowest BCUT2D eigenvalue weighted by atomic mass is 10.0. The smallest absolute Gasteiger partial charge is 0.0602 e. The van der Waals surface area contributed by atoms with E-state index in [9.17, 15) is 0 Å². The third-order valence-electron chi connectivity index (χ3n) is 3.80. The van der Waals surface area contributed by atoms with E-state index in [2.05, 4.69) is 43.0 Å². The van der Waals surface area contributed by atoms with Crippen molar-refractivity contribution in [2.75, 3.05) is 37.8 Å². The maximum Gasteiger partial charge on any atom is 0.0602 e. The highest BCUT2D eigenvalue weighted by atomic mass is 15.2. The zero-order valence-electron chi connectivity index (χ0n) is 11.1. The molecule has 17 heavy (non-hydrogen) atoms. The van der Waals surface area contributed by atoms with Crippen LogP contribution in [0.25, 0.3) is 0 Å². The van der Waals surface area contributed by atoms with Gasteiger partial charge in [0.2, 0.25) is 0 Å². The van der Waals surface area contributed by atoms with Crippen LogP contribution in [0.4, 0.5) is 11.4 Å². The standard InChI is InChI=1S/C14H23N3/c1-11-4-5-13(15)14(10-11)17(3)12-6-8-16(2)9-7-12/h4-5,10,12H,6-9,15H2,1-3H3. The molecule has 94 valence electrons. The van der Waals surface area contributed by atoms with Gasteiger partial charge in [0.25, 0.3) is 0 Å². The summed E-state index contributed by atoms with van der Waals surface area (Å²) in [7, 11) is 4.36. The van der Waals surface area contributed by atoms with Gasteiger partial charge in [-0.15, -0.1) is 0 Å². The van der Waals surface area contributed by atoms with E-state index in [0.29, 0.717) is 6.04 Å². The summed E-state index contributed by atoms with van der Waals surface area (Å²) in [5, 5.41) is 0. The van der Waals surface area contributed by atoms with Gasteiger partial charge in [-0.05, 0) is 57.6 Å². The molecular weight excluding hydrogens is 210 g/mol. The van der Waals surface area contributed by atoms with Gasteiger partial charge in [0.1, 0.15) is 0 Å². The number of hydrogen-bond donors (Lipinski definition) is 1. The summed E-state index contributed by atoms with van der Waals surface area (Å²) in [6.07, 6.45) is 2.45. The number of aryl methyl sites for hydroxylation is 1. The molecule has 1 saturated heterocycles. The highest BCUT2D eigenvalue weighted by Gasteiger charge is 2.21. The highest BCUT2D eigenvalue weighted by Crippen LogP contribution is 2.27. The van der Waals surface area contributed by atoms with Crippen LogP contribution in [-0.4, -0.2) is 38.1 Å². The van der Waals surface area contributed by atoms with Crippen LogP contribution < -0.4 is 10.6 Å². The Labute approximate surface area is 104 Å². The highest BCUT2D eigenvalue weighted by molar-refractivity contribution is 5.68. The molecule has 0 saturated carbocycles. The van der Waals surface area contributed by atoms with Crippen molar-refractivity contribution in [3.05, 3.63) is 23.8 Å². The third-order valence-corrected chi connectivity index (χ3v) is 3.80. The van der Waals surface area contributed by atoms with Crippen molar-refractivity contribution in [3.8, 4) is 0 Å². The Hall–Kier alpha value is -1.22. The third kappa shape index (κ3) is 2.72. The summed E-state index contributed by atoms with van der Waals surface area (Å²) >= 11 is 0. The minimum absolute atomic E-state index is 0.621. The summed E-state index contributed by atoms with van der Waals surface area (Å²) in [4.78, 5) is 4.75. The lowest BCUT2D eigenvalue weighted by Crippen LogP contribution is -2.42. The average molecular weight is 233 g/mol. The first-order chi connectivity index (χ1) is 8.08. The van der Waals surface area contributed by atoms with Crippen molar-refractivity contribution in [2.45, 2.75) is 25.8 Å². The van der Waals surface area contributed by atoms with Crippen LogP contribution >= 0.6 is 0 Å². The molecule has 1 aromatic rings. The van der Waals surface area contributed by atoms with Gasteiger partial charge in [0.15, 0.2) is 0 Å². The zero-order valence-corrected chi connectivity index (χ0v) is 11.1. The van der Waals surface area contributed by atoms with Crippen molar-refractivity contribution in [1.82, 2.24) is 4.90 Å². The van der Waals surface area contributed by atoms with Crippen LogP contribution in [0.5, 0.6) is 0 Å². The maximum atomic E-state index is 6.07. The molecule has 1 fully saturated rings. The molecule has 0 amide bonds. The van der Waals surface area contributed by atoms with Crippen molar-refractivity contribution in [3.63, 3.8) is 0 Å². The van der Waals surface area contributed by atoms with Crippen LogP contribution in [0.1, 0.15) is 18.4 Å². The fourth-order valence-electron chi connectivity index (χ4n) is 2.54. The number of nitrogens with two attached hydrogens (primary N) is 1. The predicted molar refractivity (Wildman–Crippen MR) is 74.5 cm³/mol. The molecule has 0 radical (unpaired) electrons. The Morgan fingerprint density at radius 3 is 2.59 bits per heavy atom. The van der Waals surface area contributed by atoms with Crippen LogP contribution in [0.3, 0.4) is 0 Å². The number of piperidine rings is 1. The first kappa shape index (κ1) is 12.2. The number of benzene rings is 1. The molecule has 2 N–H and O–H groups in total. The van der Waals surface area contributed by atoms with Gasteiger partial charge in [-0.1, -0.05) is 6.07 Å². The second kappa shape index (κ2) is 4.96. The Balaban J connectivity index is 2.13. The Morgan fingerprint density at radius 1 is 1.29 bits per heavy atom. The van der Waals surface area contributed by atoms with E-state index in [0.717, 1.165) is 5.69 Å². The van der Waals surface area contributed by atoms with Crippen LogP contribution in [-0.2, 0) is 0 Å². The monoisotopic (exact) mass is 233 g/mol. The summed E-state index contributed by atoms with van der Waals surface area (Å²) in [5.74, 6) is 0. The Bertz CT molecular complexity index is 381. The van der Waals surface area contributed by atoms with Crippen molar-refractivity contribution < 1.29 is 0 Å². The molecule has 2 rings (SSSR count). The molecule has 0 aliphatic carbocycles. The van der Waals surface area contributed by atoms with E-state index < -0.39 is 0 Å². The molecule has 0 unspecified atom stereocenters. The van der Waals surface area contributed by atoms with Crippen molar-refractivity contribution >= 4 is 11.4 Å². The number of hydrogen-bond acceptors (Lipinski definition) is 3. The second-order valence-corrected chi connectivity index (χ2v) is 5.21.